The minimum Gasteiger partial charge on any atom is -0.545 e. The summed E-state index contributed by atoms with van der Waals surface area (Å²) in [6, 6.07) is 0. The van der Waals surface area contributed by atoms with Gasteiger partial charge in [0.1, 0.15) is 13.2 Å². The van der Waals surface area contributed by atoms with Gasteiger partial charge in [0.25, 0.3) is 0 Å². The Morgan fingerprint density at radius 2 is 1.12 bits per heavy atom. The molecule has 0 aliphatic rings. The van der Waals surface area contributed by atoms with E-state index in [2.05, 4.69) is 50.3 Å². The number of carbonyl (C=O) groups excluding carboxylic acids is 3. The topological polar surface area (TPSA) is 111 Å². The number of unbranched alkanes of at least 4 members (excludes halogenated alkanes) is 12. The summed E-state index contributed by atoms with van der Waals surface area (Å²) in [7, 11) is 5.88. The highest BCUT2D eigenvalue weighted by atomic mass is 16.7. The van der Waals surface area contributed by atoms with E-state index in [4.69, 9.17) is 18.9 Å². The van der Waals surface area contributed by atoms with Gasteiger partial charge < -0.3 is 33.3 Å². The lowest BCUT2D eigenvalue weighted by molar-refractivity contribution is -0.870. The Labute approximate surface area is 292 Å². The number of quaternary nitrogens is 1. The first kappa shape index (κ1) is 45.5. The zero-order chi connectivity index (χ0) is 35.7. The van der Waals surface area contributed by atoms with Crippen molar-refractivity contribution in [3.05, 3.63) is 36.5 Å². The van der Waals surface area contributed by atoms with Crippen molar-refractivity contribution in [2.75, 3.05) is 47.5 Å². The van der Waals surface area contributed by atoms with Crippen LogP contribution in [0.1, 0.15) is 136 Å². The molecule has 0 rings (SSSR count). The third-order valence-electron chi connectivity index (χ3n) is 7.57. The summed E-state index contributed by atoms with van der Waals surface area (Å²) in [6.07, 6.45) is 28.9. The van der Waals surface area contributed by atoms with Crippen LogP contribution in [0.25, 0.3) is 0 Å². The number of allylic oxidation sites excluding steroid dienone is 6. The van der Waals surface area contributed by atoms with Crippen LogP contribution in [0.4, 0.5) is 0 Å². The molecule has 0 aliphatic heterocycles. The molecule has 0 saturated heterocycles. The molecule has 9 nitrogen and oxygen atoms in total. The largest absolute Gasteiger partial charge is 0.545 e. The van der Waals surface area contributed by atoms with Crippen molar-refractivity contribution in [1.29, 1.82) is 0 Å². The molecule has 0 bridgehead atoms. The average Bonchev–Trinajstić information content (AvgIpc) is 3.03. The molecule has 2 unspecified atom stereocenters. The zero-order valence-corrected chi connectivity index (χ0v) is 31.1. The third kappa shape index (κ3) is 32.1. The number of esters is 2. The number of rotatable bonds is 33. The van der Waals surface area contributed by atoms with Crippen molar-refractivity contribution < 1.29 is 42.9 Å². The molecule has 0 amide bonds. The normalized spacial score (nSPS) is 13.4. The number of aliphatic carboxylic acids is 1. The second kappa shape index (κ2) is 31.8. The van der Waals surface area contributed by atoms with E-state index < -0.39 is 24.3 Å². The molecule has 0 aromatic heterocycles. The highest BCUT2D eigenvalue weighted by Crippen LogP contribution is 2.12. The van der Waals surface area contributed by atoms with Gasteiger partial charge >= 0.3 is 11.9 Å². The third-order valence-corrected chi connectivity index (χ3v) is 7.57. The summed E-state index contributed by atoms with van der Waals surface area (Å²) in [5.41, 5.74) is 0. The minimum atomic E-state index is -1.62. The fraction of sp³-hybridized carbons (Fsp3) is 0.769. The van der Waals surface area contributed by atoms with Crippen LogP contribution in [0.15, 0.2) is 36.5 Å². The van der Waals surface area contributed by atoms with E-state index in [0.717, 1.165) is 89.9 Å². The van der Waals surface area contributed by atoms with Gasteiger partial charge in [-0.2, -0.15) is 0 Å². The molecule has 0 fully saturated rings. The minimum absolute atomic E-state index is 0.143. The van der Waals surface area contributed by atoms with Gasteiger partial charge in [0.2, 0.25) is 0 Å². The van der Waals surface area contributed by atoms with Crippen molar-refractivity contribution in [2.24, 2.45) is 0 Å². The number of carbonyl (C=O) groups is 3. The maximum atomic E-state index is 12.6. The maximum absolute atomic E-state index is 12.6. The molecular weight excluding hydrogens is 610 g/mol. The maximum Gasteiger partial charge on any atom is 0.306 e. The van der Waals surface area contributed by atoms with Gasteiger partial charge in [-0.05, 0) is 57.8 Å². The molecule has 2 atom stereocenters. The predicted molar refractivity (Wildman–Crippen MR) is 191 cm³/mol. The Morgan fingerprint density at radius 1 is 0.625 bits per heavy atom. The monoisotopic (exact) mass is 680 g/mol. The van der Waals surface area contributed by atoms with Crippen LogP contribution in [0.5, 0.6) is 0 Å². The van der Waals surface area contributed by atoms with Crippen LogP contribution < -0.4 is 5.11 Å². The number of carboxylic acid groups (broad SMARTS) is 1. The number of ether oxygens (including phenoxy) is 4. The molecule has 9 heteroatoms. The molecule has 48 heavy (non-hydrogen) atoms. The Kier molecular flexibility index (Phi) is 30.1. The first-order valence-corrected chi connectivity index (χ1v) is 18.6. The van der Waals surface area contributed by atoms with Gasteiger partial charge in [-0.15, -0.1) is 0 Å². The van der Waals surface area contributed by atoms with Crippen molar-refractivity contribution in [3.63, 3.8) is 0 Å². The first-order valence-electron chi connectivity index (χ1n) is 18.6. The van der Waals surface area contributed by atoms with Crippen LogP contribution >= 0.6 is 0 Å². The van der Waals surface area contributed by atoms with Gasteiger partial charge in [0.05, 0.1) is 40.3 Å². The van der Waals surface area contributed by atoms with E-state index in [1.165, 1.54) is 12.8 Å². The smallest absolute Gasteiger partial charge is 0.306 e. The number of hydrogen-bond acceptors (Lipinski definition) is 8. The van der Waals surface area contributed by atoms with Crippen LogP contribution in [0.3, 0.4) is 0 Å². The lowest BCUT2D eigenvalue weighted by Crippen LogP contribution is -2.44. The standard InChI is InChI=1S/C39H69NO8/c1-6-8-10-12-14-16-18-19-20-22-24-26-28-30-37(42)48-35(34-47-39(38(43)44)45-32-31-40(3,4)5)33-46-36(41)29-27-25-23-21-17-15-13-11-9-7-2/h10-13,16,18,35,39H,6-9,14-15,17,19-34H2,1-5H3/b12-10-,13-11-,18-16-. The number of nitrogens with zero attached hydrogens (tertiary/aromatic N) is 1. The Morgan fingerprint density at radius 3 is 1.69 bits per heavy atom. The average molecular weight is 680 g/mol. The molecular formula is C39H69NO8. The van der Waals surface area contributed by atoms with E-state index >= 15 is 0 Å². The van der Waals surface area contributed by atoms with Gasteiger partial charge in [-0.3, -0.25) is 9.59 Å². The summed E-state index contributed by atoms with van der Waals surface area (Å²) >= 11 is 0. The molecule has 0 heterocycles. The predicted octanol–water partition coefficient (Wildman–Crippen LogP) is 7.38. The van der Waals surface area contributed by atoms with Crippen LogP contribution in [-0.2, 0) is 33.3 Å². The lowest BCUT2D eigenvalue weighted by atomic mass is 10.1. The number of likely N-dealkylation sites (N-methyl/N-ethyl adjacent to an activating group) is 1. The first-order chi connectivity index (χ1) is 23.1. The molecule has 0 aromatic carbocycles. The van der Waals surface area contributed by atoms with Gasteiger partial charge in [-0.25, -0.2) is 0 Å². The van der Waals surface area contributed by atoms with Gasteiger partial charge in [-0.1, -0.05) is 102 Å². The van der Waals surface area contributed by atoms with Crippen molar-refractivity contribution in [3.8, 4) is 0 Å². The van der Waals surface area contributed by atoms with Crippen molar-refractivity contribution in [1.82, 2.24) is 0 Å². The highest BCUT2D eigenvalue weighted by molar-refractivity contribution is 5.70. The molecule has 0 saturated carbocycles. The number of carboxylic acids is 1. The summed E-state index contributed by atoms with van der Waals surface area (Å²) in [5.74, 6) is -2.33. The molecule has 0 spiro atoms. The van der Waals surface area contributed by atoms with Crippen molar-refractivity contribution in [2.45, 2.75) is 148 Å². The van der Waals surface area contributed by atoms with Crippen molar-refractivity contribution >= 4 is 17.9 Å². The summed E-state index contributed by atoms with van der Waals surface area (Å²) in [5, 5.41) is 11.6. The van der Waals surface area contributed by atoms with E-state index in [0.29, 0.717) is 17.4 Å². The summed E-state index contributed by atoms with van der Waals surface area (Å²) < 4.78 is 22.4. The molecule has 0 radical (unpaired) electrons. The fourth-order valence-corrected chi connectivity index (χ4v) is 4.63. The molecule has 278 valence electrons. The van der Waals surface area contributed by atoms with E-state index in [9.17, 15) is 19.5 Å². The Bertz CT molecular complexity index is 893. The fourth-order valence-electron chi connectivity index (χ4n) is 4.63. The second-order valence-electron chi connectivity index (χ2n) is 13.5. The van der Waals surface area contributed by atoms with Crippen LogP contribution in [0.2, 0.25) is 0 Å². The highest BCUT2D eigenvalue weighted by Gasteiger charge is 2.21. The Balaban J connectivity index is 4.60. The summed E-state index contributed by atoms with van der Waals surface area (Å²) in [6.45, 7) is 4.55. The van der Waals surface area contributed by atoms with E-state index in [-0.39, 0.29) is 38.6 Å². The summed E-state index contributed by atoms with van der Waals surface area (Å²) in [4.78, 5) is 36.6. The van der Waals surface area contributed by atoms with Crippen LogP contribution in [0, 0.1) is 0 Å². The van der Waals surface area contributed by atoms with E-state index in [1.54, 1.807) is 0 Å². The Hall–Kier alpha value is -2.49. The SMILES string of the molecule is CCC/C=C\C/C=C\CCCCCCCC(=O)OC(COC(=O)CCCCCCC/C=C\CCC)COC(OCC[N+](C)(C)C)C(=O)[O-]. The second-order valence-corrected chi connectivity index (χ2v) is 13.5. The zero-order valence-electron chi connectivity index (χ0n) is 31.1. The molecule has 0 aliphatic carbocycles. The number of hydrogen-bond donors (Lipinski definition) is 0. The molecule has 0 aromatic rings. The van der Waals surface area contributed by atoms with Gasteiger partial charge in [0.15, 0.2) is 12.4 Å². The van der Waals surface area contributed by atoms with Gasteiger partial charge in [0, 0.05) is 12.8 Å². The quantitative estimate of drug-likeness (QED) is 0.0232. The molecule has 0 N–H and O–H groups in total. The van der Waals surface area contributed by atoms with Crippen LogP contribution in [-0.4, -0.2) is 82.3 Å². The lowest BCUT2D eigenvalue weighted by Gasteiger charge is -2.26. The van der Waals surface area contributed by atoms with E-state index in [1.807, 2.05) is 21.1 Å².